The largest absolute Gasteiger partial charge is 0.350 e. The maximum absolute atomic E-state index is 11.9. The second-order valence-electron chi connectivity index (χ2n) is 4.66. The SMILES string of the molecule is C[C@H](NC(=O)CCc1ccccc1Cl)c1ccncc1. The Morgan fingerprint density at radius 3 is 2.65 bits per heavy atom. The molecular formula is C16H17ClN2O. The lowest BCUT2D eigenvalue weighted by molar-refractivity contribution is -0.121. The number of hydrogen-bond donors (Lipinski definition) is 1. The van der Waals surface area contributed by atoms with Crippen molar-refractivity contribution >= 4 is 17.5 Å². The number of nitrogens with one attached hydrogen (secondary N) is 1. The molecule has 0 bridgehead atoms. The van der Waals surface area contributed by atoms with Gasteiger partial charge in [0, 0.05) is 23.8 Å². The molecule has 1 amide bonds. The van der Waals surface area contributed by atoms with Gasteiger partial charge in [-0.3, -0.25) is 9.78 Å². The molecule has 1 aromatic carbocycles. The Labute approximate surface area is 124 Å². The lowest BCUT2D eigenvalue weighted by atomic mass is 10.1. The van der Waals surface area contributed by atoms with Gasteiger partial charge in [0.25, 0.3) is 0 Å². The predicted molar refractivity (Wildman–Crippen MR) is 80.6 cm³/mol. The van der Waals surface area contributed by atoms with Gasteiger partial charge in [-0.05, 0) is 42.7 Å². The summed E-state index contributed by atoms with van der Waals surface area (Å²) in [5, 5.41) is 3.69. The van der Waals surface area contributed by atoms with E-state index in [0.29, 0.717) is 17.9 Å². The Balaban J connectivity index is 1.86. The van der Waals surface area contributed by atoms with Gasteiger partial charge in [-0.25, -0.2) is 0 Å². The average Bonchev–Trinajstić information content (AvgIpc) is 2.47. The van der Waals surface area contributed by atoms with Crippen LogP contribution in [0.1, 0.15) is 30.5 Å². The number of hydrogen-bond acceptors (Lipinski definition) is 2. The third kappa shape index (κ3) is 4.07. The van der Waals surface area contributed by atoms with Crippen molar-refractivity contribution in [1.82, 2.24) is 10.3 Å². The van der Waals surface area contributed by atoms with E-state index in [9.17, 15) is 4.79 Å². The van der Waals surface area contributed by atoms with E-state index in [1.165, 1.54) is 0 Å². The maximum Gasteiger partial charge on any atom is 0.220 e. The van der Waals surface area contributed by atoms with Crippen molar-refractivity contribution in [3.05, 3.63) is 64.9 Å². The first-order valence-corrected chi connectivity index (χ1v) is 6.97. The first kappa shape index (κ1) is 14.5. The molecule has 1 heterocycles. The van der Waals surface area contributed by atoms with E-state index >= 15 is 0 Å². The van der Waals surface area contributed by atoms with Gasteiger partial charge >= 0.3 is 0 Å². The van der Waals surface area contributed by atoms with Crippen LogP contribution in [-0.2, 0) is 11.2 Å². The van der Waals surface area contributed by atoms with Crippen LogP contribution in [0.3, 0.4) is 0 Å². The minimum absolute atomic E-state index is 0.0169. The van der Waals surface area contributed by atoms with Crippen LogP contribution < -0.4 is 5.32 Å². The van der Waals surface area contributed by atoms with E-state index in [4.69, 9.17) is 11.6 Å². The van der Waals surface area contributed by atoms with Crippen molar-refractivity contribution < 1.29 is 4.79 Å². The first-order chi connectivity index (χ1) is 9.66. The molecule has 0 saturated heterocycles. The Kier molecular flexibility index (Phi) is 5.13. The van der Waals surface area contributed by atoms with Gasteiger partial charge in [-0.1, -0.05) is 29.8 Å². The fourth-order valence-corrected chi connectivity index (χ4v) is 2.23. The molecule has 104 valence electrons. The molecule has 3 nitrogen and oxygen atoms in total. The Morgan fingerprint density at radius 1 is 1.25 bits per heavy atom. The molecule has 2 rings (SSSR count). The monoisotopic (exact) mass is 288 g/mol. The summed E-state index contributed by atoms with van der Waals surface area (Å²) in [6.07, 6.45) is 4.52. The summed E-state index contributed by atoms with van der Waals surface area (Å²) in [6.45, 7) is 1.96. The van der Waals surface area contributed by atoms with Crippen molar-refractivity contribution in [2.24, 2.45) is 0 Å². The molecule has 0 aliphatic rings. The lowest BCUT2D eigenvalue weighted by Gasteiger charge is -2.14. The zero-order valence-electron chi connectivity index (χ0n) is 11.3. The summed E-state index contributed by atoms with van der Waals surface area (Å²) in [5.74, 6) is 0.0224. The molecule has 0 unspecified atom stereocenters. The molecule has 1 atom stereocenters. The number of carbonyl (C=O) groups is 1. The number of amides is 1. The van der Waals surface area contributed by atoms with E-state index < -0.39 is 0 Å². The Bertz CT molecular complexity index is 572. The number of carbonyl (C=O) groups excluding carboxylic acids is 1. The second kappa shape index (κ2) is 7.06. The highest BCUT2D eigenvalue weighted by Crippen LogP contribution is 2.17. The van der Waals surface area contributed by atoms with Gasteiger partial charge in [0.1, 0.15) is 0 Å². The van der Waals surface area contributed by atoms with E-state index in [1.54, 1.807) is 12.4 Å². The number of halogens is 1. The third-order valence-electron chi connectivity index (χ3n) is 3.16. The first-order valence-electron chi connectivity index (χ1n) is 6.59. The summed E-state index contributed by atoms with van der Waals surface area (Å²) in [6, 6.07) is 11.4. The minimum atomic E-state index is -0.0169. The van der Waals surface area contributed by atoms with Crippen molar-refractivity contribution in [1.29, 1.82) is 0 Å². The summed E-state index contributed by atoms with van der Waals surface area (Å²) in [7, 11) is 0. The molecule has 2 aromatic rings. The van der Waals surface area contributed by atoms with E-state index in [2.05, 4.69) is 10.3 Å². The number of aromatic nitrogens is 1. The standard InChI is InChI=1S/C16H17ClN2O/c1-12(13-8-10-18-11-9-13)19-16(20)7-6-14-4-2-3-5-15(14)17/h2-5,8-12H,6-7H2,1H3,(H,19,20)/t12-/m0/s1. The normalized spacial score (nSPS) is 11.9. The van der Waals surface area contributed by atoms with Gasteiger partial charge < -0.3 is 5.32 Å². The summed E-state index contributed by atoms with van der Waals surface area (Å²) in [4.78, 5) is 15.9. The Hall–Kier alpha value is -1.87. The average molecular weight is 289 g/mol. The molecule has 1 aromatic heterocycles. The number of rotatable bonds is 5. The summed E-state index contributed by atoms with van der Waals surface area (Å²) in [5.41, 5.74) is 2.05. The quantitative estimate of drug-likeness (QED) is 0.914. The number of nitrogens with zero attached hydrogens (tertiary/aromatic N) is 1. The van der Waals surface area contributed by atoms with Crippen LogP contribution in [0.2, 0.25) is 5.02 Å². The van der Waals surface area contributed by atoms with Crippen LogP contribution in [0.15, 0.2) is 48.8 Å². The molecule has 0 aliphatic heterocycles. The molecule has 0 aliphatic carbocycles. The highest BCUT2D eigenvalue weighted by atomic mass is 35.5. The van der Waals surface area contributed by atoms with Crippen LogP contribution >= 0.6 is 11.6 Å². The van der Waals surface area contributed by atoms with E-state index in [0.717, 1.165) is 11.1 Å². The van der Waals surface area contributed by atoms with Crippen LogP contribution in [0.4, 0.5) is 0 Å². The van der Waals surface area contributed by atoms with Crippen molar-refractivity contribution in [3.63, 3.8) is 0 Å². The molecule has 4 heteroatoms. The second-order valence-corrected chi connectivity index (χ2v) is 5.07. The highest BCUT2D eigenvalue weighted by molar-refractivity contribution is 6.31. The smallest absolute Gasteiger partial charge is 0.220 e. The third-order valence-corrected chi connectivity index (χ3v) is 3.53. The van der Waals surface area contributed by atoms with Gasteiger partial charge in [0.15, 0.2) is 0 Å². The zero-order valence-corrected chi connectivity index (χ0v) is 12.1. The lowest BCUT2D eigenvalue weighted by Crippen LogP contribution is -2.26. The number of benzene rings is 1. The molecule has 0 saturated carbocycles. The minimum Gasteiger partial charge on any atom is -0.350 e. The van der Waals surface area contributed by atoms with Gasteiger partial charge in [-0.2, -0.15) is 0 Å². The van der Waals surface area contributed by atoms with Crippen molar-refractivity contribution in [2.75, 3.05) is 0 Å². The van der Waals surface area contributed by atoms with E-state index in [-0.39, 0.29) is 11.9 Å². The molecule has 0 radical (unpaired) electrons. The Morgan fingerprint density at radius 2 is 1.95 bits per heavy atom. The zero-order chi connectivity index (χ0) is 14.4. The van der Waals surface area contributed by atoms with Crippen LogP contribution in [-0.4, -0.2) is 10.9 Å². The van der Waals surface area contributed by atoms with Crippen LogP contribution in [0.25, 0.3) is 0 Å². The highest BCUT2D eigenvalue weighted by Gasteiger charge is 2.10. The van der Waals surface area contributed by atoms with Crippen LogP contribution in [0.5, 0.6) is 0 Å². The molecule has 20 heavy (non-hydrogen) atoms. The van der Waals surface area contributed by atoms with Gasteiger partial charge in [0.2, 0.25) is 5.91 Å². The van der Waals surface area contributed by atoms with E-state index in [1.807, 2.05) is 43.3 Å². The van der Waals surface area contributed by atoms with Crippen molar-refractivity contribution in [2.45, 2.75) is 25.8 Å². The number of pyridine rings is 1. The predicted octanol–water partition coefficient (Wildman–Crippen LogP) is 3.55. The van der Waals surface area contributed by atoms with Crippen LogP contribution in [0, 0.1) is 0 Å². The molecule has 1 N–H and O–H groups in total. The fraction of sp³-hybridized carbons (Fsp3) is 0.250. The summed E-state index contributed by atoms with van der Waals surface area (Å²) < 4.78 is 0. The molecular weight excluding hydrogens is 272 g/mol. The van der Waals surface area contributed by atoms with Crippen molar-refractivity contribution in [3.8, 4) is 0 Å². The summed E-state index contributed by atoms with van der Waals surface area (Å²) >= 11 is 6.07. The number of aryl methyl sites for hydroxylation is 1. The maximum atomic E-state index is 11.9. The van der Waals surface area contributed by atoms with Gasteiger partial charge in [-0.15, -0.1) is 0 Å². The fourth-order valence-electron chi connectivity index (χ4n) is 2.00. The molecule has 0 spiro atoms. The van der Waals surface area contributed by atoms with Gasteiger partial charge in [0.05, 0.1) is 6.04 Å². The topological polar surface area (TPSA) is 42.0 Å². The molecule has 0 fully saturated rings.